The van der Waals surface area contributed by atoms with Crippen LogP contribution in [0, 0.1) is 11.3 Å². The molecule has 3 aromatic rings. The molecule has 2 aromatic carbocycles. The van der Waals surface area contributed by atoms with Gasteiger partial charge in [0, 0.05) is 11.3 Å². The third kappa shape index (κ3) is 3.32. The normalized spacial score (nSPS) is 19.9. The molecular weight excluding hydrogens is 354 g/mol. The maximum atomic E-state index is 11.0. The van der Waals surface area contributed by atoms with Crippen LogP contribution < -0.4 is 10.1 Å². The Labute approximate surface area is 163 Å². The number of nitrogens with one attached hydrogen (secondary N) is 1. The number of nitrogens with zero attached hydrogens (tertiary/aromatic N) is 2. The molecule has 0 bridgehead atoms. The van der Waals surface area contributed by atoms with Crippen LogP contribution in [0.4, 0.5) is 5.69 Å². The fourth-order valence-electron chi connectivity index (χ4n) is 3.51. The first-order valence-corrected chi connectivity index (χ1v) is 9.12. The van der Waals surface area contributed by atoms with E-state index >= 15 is 0 Å². The minimum absolute atomic E-state index is 0.433. The van der Waals surface area contributed by atoms with Gasteiger partial charge in [0.15, 0.2) is 5.89 Å². The molecule has 0 saturated heterocycles. The molecular formula is C22H21N3O3. The number of hydrogen-bond donors (Lipinski definition) is 2. The Hall–Kier alpha value is -3.30. The molecule has 0 saturated carbocycles. The van der Waals surface area contributed by atoms with E-state index in [1.54, 1.807) is 30.7 Å². The van der Waals surface area contributed by atoms with Gasteiger partial charge in [-0.25, -0.2) is 4.98 Å². The van der Waals surface area contributed by atoms with Crippen LogP contribution in [-0.4, -0.2) is 21.8 Å². The second-order valence-corrected chi connectivity index (χ2v) is 7.40. The fourth-order valence-corrected chi connectivity index (χ4v) is 3.51. The SMILES string of the molecule is CC1(C)Oc2ccc(C#N)cc2[C@H](Nc2ccccc2Cc2ncco2)[C@H]1O. The average Bonchev–Trinajstić information content (AvgIpc) is 3.19. The van der Waals surface area contributed by atoms with Crippen LogP contribution in [0.5, 0.6) is 5.75 Å². The average molecular weight is 375 g/mol. The van der Waals surface area contributed by atoms with Gasteiger partial charge < -0.3 is 19.6 Å². The lowest BCUT2D eigenvalue weighted by Gasteiger charge is -2.42. The maximum Gasteiger partial charge on any atom is 0.198 e. The van der Waals surface area contributed by atoms with Gasteiger partial charge in [-0.15, -0.1) is 0 Å². The van der Waals surface area contributed by atoms with Crippen LogP contribution in [0.25, 0.3) is 0 Å². The highest BCUT2D eigenvalue weighted by atomic mass is 16.5. The topological polar surface area (TPSA) is 91.3 Å². The Balaban J connectivity index is 1.72. The summed E-state index contributed by atoms with van der Waals surface area (Å²) in [6, 6.07) is 14.8. The molecule has 0 amide bonds. The molecule has 2 atom stereocenters. The Bertz CT molecular complexity index is 1020. The monoisotopic (exact) mass is 375 g/mol. The predicted molar refractivity (Wildman–Crippen MR) is 104 cm³/mol. The van der Waals surface area contributed by atoms with E-state index in [4.69, 9.17) is 9.15 Å². The minimum atomic E-state index is -0.816. The van der Waals surface area contributed by atoms with E-state index in [-0.39, 0.29) is 0 Å². The molecule has 0 spiro atoms. The number of para-hydroxylation sites is 1. The summed E-state index contributed by atoms with van der Waals surface area (Å²) in [6.07, 6.45) is 2.89. The van der Waals surface area contributed by atoms with Gasteiger partial charge >= 0.3 is 0 Å². The second-order valence-electron chi connectivity index (χ2n) is 7.40. The van der Waals surface area contributed by atoms with Crippen molar-refractivity contribution in [2.45, 2.75) is 38.0 Å². The van der Waals surface area contributed by atoms with Crippen LogP contribution in [0.3, 0.4) is 0 Å². The van der Waals surface area contributed by atoms with E-state index in [1.165, 1.54) is 0 Å². The first-order valence-electron chi connectivity index (χ1n) is 9.12. The van der Waals surface area contributed by atoms with E-state index in [9.17, 15) is 10.4 Å². The van der Waals surface area contributed by atoms with E-state index in [0.29, 0.717) is 23.6 Å². The summed E-state index contributed by atoms with van der Waals surface area (Å²) in [7, 11) is 0. The van der Waals surface area contributed by atoms with Crippen molar-refractivity contribution in [2.24, 2.45) is 0 Å². The van der Waals surface area contributed by atoms with Crippen molar-refractivity contribution in [1.82, 2.24) is 4.98 Å². The molecule has 1 aliphatic heterocycles. The maximum absolute atomic E-state index is 11.0. The first kappa shape index (κ1) is 18.1. The number of oxazole rings is 1. The number of hydrogen-bond acceptors (Lipinski definition) is 6. The number of aliphatic hydroxyl groups is 1. The van der Waals surface area contributed by atoms with E-state index in [2.05, 4.69) is 16.4 Å². The predicted octanol–water partition coefficient (Wildman–Crippen LogP) is 3.82. The molecule has 0 fully saturated rings. The van der Waals surface area contributed by atoms with Gasteiger partial charge in [-0.2, -0.15) is 5.26 Å². The molecule has 2 N–H and O–H groups in total. The molecule has 0 radical (unpaired) electrons. The van der Waals surface area contributed by atoms with Crippen molar-refractivity contribution >= 4 is 5.69 Å². The van der Waals surface area contributed by atoms with Gasteiger partial charge in [0.05, 0.1) is 30.3 Å². The summed E-state index contributed by atoms with van der Waals surface area (Å²) >= 11 is 0. The van der Waals surface area contributed by atoms with Crippen LogP contribution >= 0.6 is 0 Å². The fraction of sp³-hybridized carbons (Fsp3) is 0.273. The van der Waals surface area contributed by atoms with Crippen molar-refractivity contribution < 1.29 is 14.3 Å². The third-order valence-electron chi connectivity index (χ3n) is 5.03. The van der Waals surface area contributed by atoms with Gasteiger partial charge in [0.25, 0.3) is 0 Å². The Kier molecular flexibility index (Phi) is 4.54. The van der Waals surface area contributed by atoms with Crippen molar-refractivity contribution in [1.29, 1.82) is 5.26 Å². The zero-order valence-electron chi connectivity index (χ0n) is 15.7. The van der Waals surface area contributed by atoms with Gasteiger partial charge in [-0.1, -0.05) is 18.2 Å². The van der Waals surface area contributed by atoms with E-state index < -0.39 is 17.7 Å². The molecule has 6 heteroatoms. The Morgan fingerprint density at radius 1 is 1.25 bits per heavy atom. The lowest BCUT2D eigenvalue weighted by atomic mass is 9.85. The number of aromatic nitrogens is 1. The molecule has 142 valence electrons. The number of aliphatic hydroxyl groups excluding tert-OH is 1. The number of nitriles is 1. The first-order chi connectivity index (χ1) is 13.5. The van der Waals surface area contributed by atoms with Crippen molar-refractivity contribution in [3.8, 4) is 11.8 Å². The van der Waals surface area contributed by atoms with Gasteiger partial charge in [0.2, 0.25) is 0 Å². The largest absolute Gasteiger partial charge is 0.485 e. The number of anilines is 1. The molecule has 2 heterocycles. The molecule has 0 aliphatic carbocycles. The molecule has 28 heavy (non-hydrogen) atoms. The second kappa shape index (κ2) is 7.02. The summed E-state index contributed by atoms with van der Waals surface area (Å²) in [6.45, 7) is 3.71. The van der Waals surface area contributed by atoms with Crippen molar-refractivity contribution in [3.63, 3.8) is 0 Å². The minimum Gasteiger partial charge on any atom is -0.485 e. The molecule has 0 unspecified atom stereocenters. The highest BCUT2D eigenvalue weighted by Gasteiger charge is 2.43. The van der Waals surface area contributed by atoms with Crippen molar-refractivity contribution in [3.05, 3.63) is 77.5 Å². The zero-order chi connectivity index (χ0) is 19.7. The standard InChI is InChI=1S/C22H21N3O3/c1-22(2)21(26)20(16-11-14(13-23)7-8-18(16)28-22)25-17-6-4-3-5-15(17)12-19-24-9-10-27-19/h3-11,20-21,25-26H,12H2,1-2H3/t20-,21+/m0/s1. The third-order valence-corrected chi connectivity index (χ3v) is 5.03. The summed E-state index contributed by atoms with van der Waals surface area (Å²) in [4.78, 5) is 4.20. The highest BCUT2D eigenvalue weighted by Crippen LogP contribution is 2.42. The van der Waals surface area contributed by atoms with Gasteiger partial charge in [-0.05, 0) is 43.7 Å². The van der Waals surface area contributed by atoms with Gasteiger partial charge in [0.1, 0.15) is 23.7 Å². The van der Waals surface area contributed by atoms with E-state index in [0.717, 1.165) is 16.8 Å². The van der Waals surface area contributed by atoms with Crippen LogP contribution in [0.15, 0.2) is 59.3 Å². The lowest BCUT2D eigenvalue weighted by molar-refractivity contribution is -0.0532. The summed E-state index contributed by atoms with van der Waals surface area (Å²) < 4.78 is 11.4. The summed E-state index contributed by atoms with van der Waals surface area (Å²) in [5, 5.41) is 23.8. The van der Waals surface area contributed by atoms with Crippen LogP contribution in [-0.2, 0) is 6.42 Å². The van der Waals surface area contributed by atoms with Crippen LogP contribution in [0.2, 0.25) is 0 Å². The zero-order valence-corrected chi connectivity index (χ0v) is 15.7. The number of fused-ring (bicyclic) bond motifs is 1. The molecule has 4 rings (SSSR count). The quantitative estimate of drug-likeness (QED) is 0.720. The Morgan fingerprint density at radius 3 is 2.82 bits per heavy atom. The van der Waals surface area contributed by atoms with Crippen LogP contribution in [0.1, 0.15) is 42.5 Å². The summed E-state index contributed by atoms with van der Waals surface area (Å²) in [5.74, 6) is 1.28. The van der Waals surface area contributed by atoms with E-state index in [1.807, 2.05) is 38.1 Å². The molecule has 6 nitrogen and oxygen atoms in total. The lowest BCUT2D eigenvalue weighted by Crippen LogP contribution is -2.50. The smallest absolute Gasteiger partial charge is 0.198 e. The number of rotatable bonds is 4. The Morgan fingerprint density at radius 2 is 2.07 bits per heavy atom. The number of ether oxygens (including phenoxy) is 1. The summed E-state index contributed by atoms with van der Waals surface area (Å²) in [5.41, 5.74) is 2.37. The van der Waals surface area contributed by atoms with Gasteiger partial charge in [-0.3, -0.25) is 0 Å². The van der Waals surface area contributed by atoms with Crippen molar-refractivity contribution in [2.75, 3.05) is 5.32 Å². The molecule has 1 aromatic heterocycles. The number of benzene rings is 2. The molecule has 1 aliphatic rings. The highest BCUT2D eigenvalue weighted by molar-refractivity contribution is 5.56.